The number of benzene rings is 1. The molecule has 0 radical (unpaired) electrons. The maximum absolute atomic E-state index is 14.2. The highest BCUT2D eigenvalue weighted by Gasteiger charge is 2.10. The molecule has 1 N–H and O–H groups in total. The average Bonchev–Trinajstić information content (AvgIpc) is 2.48. The van der Waals surface area contributed by atoms with Gasteiger partial charge in [-0.1, -0.05) is 30.7 Å². The number of halogens is 2. The van der Waals surface area contributed by atoms with Crippen molar-refractivity contribution < 1.29 is 9.13 Å². The molecule has 1 aromatic carbocycles. The topological polar surface area (TPSA) is 34.2 Å². The molecule has 0 aliphatic rings. The Labute approximate surface area is 129 Å². The predicted molar refractivity (Wildman–Crippen MR) is 82.0 cm³/mol. The molecule has 0 fully saturated rings. The molecule has 112 valence electrons. The Balaban J connectivity index is 2.01. The molecule has 3 nitrogen and oxygen atoms in total. The van der Waals surface area contributed by atoms with Gasteiger partial charge in [-0.2, -0.15) is 0 Å². The Morgan fingerprint density at radius 1 is 1.33 bits per heavy atom. The average molecular weight is 309 g/mol. The Hall–Kier alpha value is -1.65. The molecule has 0 saturated carbocycles. The fourth-order valence-electron chi connectivity index (χ4n) is 1.88. The zero-order valence-electron chi connectivity index (χ0n) is 11.9. The summed E-state index contributed by atoms with van der Waals surface area (Å²) in [4.78, 5) is 3.95. The molecule has 0 aliphatic heterocycles. The third-order valence-corrected chi connectivity index (χ3v) is 3.18. The Morgan fingerprint density at radius 2 is 2.19 bits per heavy atom. The lowest BCUT2D eigenvalue weighted by Gasteiger charge is -2.10. The molecule has 0 bridgehead atoms. The van der Waals surface area contributed by atoms with Crippen LogP contribution in [-0.4, -0.2) is 11.5 Å². The zero-order valence-corrected chi connectivity index (χ0v) is 12.7. The van der Waals surface area contributed by atoms with E-state index in [-0.39, 0.29) is 12.5 Å². The predicted octanol–water partition coefficient (Wildman–Crippen LogP) is 3.95. The highest BCUT2D eigenvalue weighted by atomic mass is 35.5. The summed E-state index contributed by atoms with van der Waals surface area (Å²) in [5, 5.41) is 3.79. The molecule has 0 saturated heterocycles. The summed E-state index contributed by atoms with van der Waals surface area (Å²) in [6.45, 7) is 3.61. The number of hydrogen-bond acceptors (Lipinski definition) is 3. The van der Waals surface area contributed by atoms with E-state index in [1.807, 2.05) is 12.1 Å². The van der Waals surface area contributed by atoms with Crippen molar-refractivity contribution >= 4 is 11.6 Å². The van der Waals surface area contributed by atoms with Crippen LogP contribution in [0.1, 0.15) is 24.5 Å². The van der Waals surface area contributed by atoms with Gasteiger partial charge in [0, 0.05) is 23.3 Å². The van der Waals surface area contributed by atoms with Crippen molar-refractivity contribution in [3.63, 3.8) is 0 Å². The molecule has 0 amide bonds. The molecular formula is C16H18ClFN2O. The maximum Gasteiger partial charge on any atom is 0.251 e. The van der Waals surface area contributed by atoms with Crippen molar-refractivity contribution in [3.8, 4) is 5.88 Å². The molecule has 5 heteroatoms. The Morgan fingerprint density at radius 3 is 2.95 bits per heavy atom. The highest BCUT2D eigenvalue weighted by molar-refractivity contribution is 6.30. The summed E-state index contributed by atoms with van der Waals surface area (Å²) in [5.74, 6) is -0.395. The Kier molecular flexibility index (Phi) is 5.96. The number of ether oxygens (including phenoxy) is 1. The normalized spacial score (nSPS) is 10.6. The first kappa shape index (κ1) is 15.7. The van der Waals surface area contributed by atoms with Gasteiger partial charge >= 0.3 is 0 Å². The van der Waals surface area contributed by atoms with Crippen molar-refractivity contribution in [3.05, 3.63) is 58.5 Å². The van der Waals surface area contributed by atoms with E-state index in [2.05, 4.69) is 17.2 Å². The standard InChI is InChI=1S/C16H18ClFN2O/c1-2-7-19-10-13-6-8-20-16(15(13)18)21-11-12-4-3-5-14(17)9-12/h3-6,8-9,19H,2,7,10-11H2,1H3. The smallest absolute Gasteiger partial charge is 0.251 e. The maximum atomic E-state index is 14.2. The van der Waals surface area contributed by atoms with Crippen LogP contribution in [-0.2, 0) is 13.2 Å². The third kappa shape index (κ3) is 4.69. The van der Waals surface area contributed by atoms with Gasteiger partial charge in [0.15, 0.2) is 5.82 Å². The fraction of sp³-hybridized carbons (Fsp3) is 0.312. The van der Waals surface area contributed by atoms with E-state index in [0.717, 1.165) is 18.5 Å². The van der Waals surface area contributed by atoms with E-state index in [1.165, 1.54) is 0 Å². The zero-order chi connectivity index (χ0) is 15.1. The monoisotopic (exact) mass is 308 g/mol. The second-order valence-corrected chi connectivity index (χ2v) is 5.12. The highest BCUT2D eigenvalue weighted by Crippen LogP contribution is 2.19. The fourth-order valence-corrected chi connectivity index (χ4v) is 2.09. The van der Waals surface area contributed by atoms with Crippen LogP contribution in [0.2, 0.25) is 5.02 Å². The number of rotatable bonds is 7. The minimum absolute atomic E-state index is 0.0192. The number of nitrogens with zero attached hydrogens (tertiary/aromatic N) is 1. The summed E-state index contributed by atoms with van der Waals surface area (Å²) < 4.78 is 19.7. The van der Waals surface area contributed by atoms with Gasteiger partial charge < -0.3 is 10.1 Å². The molecule has 0 aliphatic carbocycles. The minimum atomic E-state index is -0.414. The van der Waals surface area contributed by atoms with Crippen LogP contribution in [0.15, 0.2) is 36.5 Å². The number of aromatic nitrogens is 1. The van der Waals surface area contributed by atoms with Crippen molar-refractivity contribution in [2.75, 3.05) is 6.54 Å². The van der Waals surface area contributed by atoms with Crippen LogP contribution in [0.5, 0.6) is 5.88 Å². The van der Waals surface area contributed by atoms with E-state index in [4.69, 9.17) is 16.3 Å². The molecule has 1 aromatic heterocycles. The second-order valence-electron chi connectivity index (χ2n) is 4.68. The van der Waals surface area contributed by atoms with Crippen LogP contribution in [0.3, 0.4) is 0 Å². The first-order valence-corrected chi connectivity index (χ1v) is 7.30. The molecule has 2 rings (SSSR count). The molecule has 1 heterocycles. The number of hydrogen-bond donors (Lipinski definition) is 1. The number of pyridine rings is 1. The van der Waals surface area contributed by atoms with Crippen molar-refractivity contribution in [1.29, 1.82) is 0 Å². The molecule has 0 spiro atoms. The quantitative estimate of drug-likeness (QED) is 0.786. The lowest BCUT2D eigenvalue weighted by atomic mass is 10.2. The lowest BCUT2D eigenvalue weighted by molar-refractivity contribution is 0.276. The first-order valence-electron chi connectivity index (χ1n) is 6.92. The third-order valence-electron chi connectivity index (χ3n) is 2.94. The van der Waals surface area contributed by atoms with Crippen LogP contribution in [0.25, 0.3) is 0 Å². The van der Waals surface area contributed by atoms with E-state index in [9.17, 15) is 4.39 Å². The first-order chi connectivity index (χ1) is 10.2. The van der Waals surface area contributed by atoms with Gasteiger partial charge in [-0.15, -0.1) is 0 Å². The summed E-state index contributed by atoms with van der Waals surface area (Å²) in [6.07, 6.45) is 2.56. The minimum Gasteiger partial charge on any atom is -0.471 e. The van der Waals surface area contributed by atoms with Gasteiger partial charge in [0.05, 0.1) is 0 Å². The van der Waals surface area contributed by atoms with E-state index in [0.29, 0.717) is 17.1 Å². The van der Waals surface area contributed by atoms with Crippen molar-refractivity contribution in [2.45, 2.75) is 26.5 Å². The van der Waals surface area contributed by atoms with Crippen molar-refractivity contribution in [1.82, 2.24) is 10.3 Å². The van der Waals surface area contributed by atoms with Gasteiger partial charge in [0.1, 0.15) is 6.61 Å². The van der Waals surface area contributed by atoms with Gasteiger partial charge in [0.2, 0.25) is 0 Å². The van der Waals surface area contributed by atoms with E-state index >= 15 is 0 Å². The summed E-state index contributed by atoms with van der Waals surface area (Å²) in [5.41, 5.74) is 1.43. The lowest BCUT2D eigenvalue weighted by Crippen LogP contribution is -2.15. The van der Waals surface area contributed by atoms with Crippen LogP contribution < -0.4 is 10.1 Å². The number of nitrogens with one attached hydrogen (secondary N) is 1. The largest absolute Gasteiger partial charge is 0.471 e. The molecule has 21 heavy (non-hydrogen) atoms. The summed E-state index contributed by atoms with van der Waals surface area (Å²) in [6, 6.07) is 8.92. The van der Waals surface area contributed by atoms with Gasteiger partial charge in [0.25, 0.3) is 5.88 Å². The SMILES string of the molecule is CCCNCc1ccnc(OCc2cccc(Cl)c2)c1F. The molecule has 2 aromatic rings. The second kappa shape index (κ2) is 7.96. The molecule has 0 atom stereocenters. The van der Waals surface area contributed by atoms with Gasteiger partial charge in [-0.3, -0.25) is 0 Å². The Bertz CT molecular complexity index is 592. The van der Waals surface area contributed by atoms with E-state index < -0.39 is 5.82 Å². The van der Waals surface area contributed by atoms with Gasteiger partial charge in [-0.05, 0) is 36.7 Å². The molecule has 0 unspecified atom stereocenters. The summed E-state index contributed by atoms with van der Waals surface area (Å²) in [7, 11) is 0. The van der Waals surface area contributed by atoms with Crippen LogP contribution in [0.4, 0.5) is 4.39 Å². The van der Waals surface area contributed by atoms with Crippen LogP contribution in [0, 0.1) is 5.82 Å². The van der Waals surface area contributed by atoms with Crippen LogP contribution >= 0.6 is 11.6 Å². The summed E-state index contributed by atoms with van der Waals surface area (Å²) >= 11 is 5.90. The van der Waals surface area contributed by atoms with Crippen molar-refractivity contribution in [2.24, 2.45) is 0 Å². The van der Waals surface area contributed by atoms with E-state index in [1.54, 1.807) is 24.4 Å². The van der Waals surface area contributed by atoms with Gasteiger partial charge in [-0.25, -0.2) is 9.37 Å². The molecular weight excluding hydrogens is 291 g/mol.